The van der Waals surface area contributed by atoms with E-state index in [1.165, 1.54) is 12.8 Å². The number of nitrogens with one attached hydrogen (secondary N) is 1. The van der Waals surface area contributed by atoms with Crippen molar-refractivity contribution < 1.29 is 0 Å². The third kappa shape index (κ3) is 2.65. The van der Waals surface area contributed by atoms with Crippen molar-refractivity contribution in [1.29, 1.82) is 0 Å². The standard InChI is InChI=1S/C14H22N4/c15-11-9-13(10-11)17-12-4-7-18(8-5-12)14-3-1-2-6-16-14/h1-3,6,11-13,17H,4-5,7-10,15H2. The predicted molar refractivity (Wildman–Crippen MR) is 73.6 cm³/mol. The van der Waals surface area contributed by atoms with Crippen LogP contribution in [0.25, 0.3) is 0 Å². The van der Waals surface area contributed by atoms with Crippen LogP contribution in [0.5, 0.6) is 0 Å². The fourth-order valence-electron chi connectivity index (χ4n) is 2.95. The van der Waals surface area contributed by atoms with E-state index >= 15 is 0 Å². The molecule has 2 heterocycles. The van der Waals surface area contributed by atoms with Crippen molar-refractivity contribution in [2.24, 2.45) is 5.73 Å². The molecule has 0 spiro atoms. The number of nitrogens with zero attached hydrogens (tertiary/aromatic N) is 2. The normalized spacial score (nSPS) is 29.1. The first kappa shape index (κ1) is 11.9. The highest BCUT2D eigenvalue weighted by atomic mass is 15.2. The average Bonchev–Trinajstić information content (AvgIpc) is 2.39. The minimum Gasteiger partial charge on any atom is -0.357 e. The molecule has 0 aromatic carbocycles. The number of piperidine rings is 1. The Morgan fingerprint density at radius 3 is 2.56 bits per heavy atom. The number of pyridine rings is 1. The lowest BCUT2D eigenvalue weighted by molar-refractivity contribution is 0.249. The molecule has 0 bridgehead atoms. The van der Waals surface area contributed by atoms with Crippen LogP contribution in [0.1, 0.15) is 25.7 Å². The molecule has 1 aliphatic carbocycles. The summed E-state index contributed by atoms with van der Waals surface area (Å²) in [6.45, 7) is 2.21. The molecule has 4 heteroatoms. The first-order valence-corrected chi connectivity index (χ1v) is 6.99. The molecule has 18 heavy (non-hydrogen) atoms. The summed E-state index contributed by atoms with van der Waals surface area (Å²) in [5.74, 6) is 1.11. The van der Waals surface area contributed by atoms with Gasteiger partial charge in [0.1, 0.15) is 5.82 Å². The topological polar surface area (TPSA) is 54.2 Å². The summed E-state index contributed by atoms with van der Waals surface area (Å²) in [7, 11) is 0. The van der Waals surface area contributed by atoms with Crippen LogP contribution in [0.3, 0.4) is 0 Å². The molecule has 1 saturated carbocycles. The van der Waals surface area contributed by atoms with Crippen LogP contribution in [0, 0.1) is 0 Å². The van der Waals surface area contributed by atoms with Gasteiger partial charge in [-0.2, -0.15) is 0 Å². The molecule has 0 unspecified atom stereocenters. The minimum absolute atomic E-state index is 0.441. The number of hydrogen-bond donors (Lipinski definition) is 2. The Hall–Kier alpha value is -1.13. The quantitative estimate of drug-likeness (QED) is 0.839. The van der Waals surface area contributed by atoms with E-state index in [4.69, 9.17) is 5.73 Å². The van der Waals surface area contributed by atoms with E-state index < -0.39 is 0 Å². The summed E-state index contributed by atoms with van der Waals surface area (Å²) >= 11 is 0. The Bertz CT molecular complexity index is 367. The van der Waals surface area contributed by atoms with Gasteiger partial charge in [0.15, 0.2) is 0 Å². The SMILES string of the molecule is NC1CC(NC2CCN(c3ccccn3)CC2)C1. The van der Waals surface area contributed by atoms with Crippen LogP contribution >= 0.6 is 0 Å². The van der Waals surface area contributed by atoms with Gasteiger partial charge in [0.05, 0.1) is 0 Å². The Morgan fingerprint density at radius 1 is 1.17 bits per heavy atom. The highest BCUT2D eigenvalue weighted by molar-refractivity contribution is 5.38. The number of anilines is 1. The van der Waals surface area contributed by atoms with Gasteiger partial charge < -0.3 is 16.0 Å². The molecule has 0 amide bonds. The minimum atomic E-state index is 0.441. The van der Waals surface area contributed by atoms with Crippen LogP contribution in [0.2, 0.25) is 0 Å². The molecular formula is C14H22N4. The Morgan fingerprint density at radius 2 is 1.94 bits per heavy atom. The maximum atomic E-state index is 5.82. The summed E-state index contributed by atoms with van der Waals surface area (Å²) in [6, 6.07) is 7.91. The van der Waals surface area contributed by atoms with Crippen molar-refractivity contribution in [2.45, 2.75) is 43.8 Å². The summed E-state index contributed by atoms with van der Waals surface area (Å²) < 4.78 is 0. The first-order chi connectivity index (χ1) is 8.81. The lowest BCUT2D eigenvalue weighted by atomic mass is 9.86. The van der Waals surface area contributed by atoms with Crippen LogP contribution in [-0.4, -0.2) is 36.2 Å². The zero-order valence-electron chi connectivity index (χ0n) is 10.8. The van der Waals surface area contributed by atoms with Crippen molar-refractivity contribution in [1.82, 2.24) is 10.3 Å². The van der Waals surface area contributed by atoms with Crippen LogP contribution < -0.4 is 16.0 Å². The van der Waals surface area contributed by atoms with E-state index in [9.17, 15) is 0 Å². The zero-order chi connectivity index (χ0) is 12.4. The lowest BCUT2D eigenvalue weighted by Crippen LogP contribution is -2.54. The fourth-order valence-corrected chi connectivity index (χ4v) is 2.95. The van der Waals surface area contributed by atoms with E-state index in [2.05, 4.69) is 27.3 Å². The third-order valence-electron chi connectivity index (χ3n) is 4.11. The second-order valence-electron chi connectivity index (χ2n) is 5.54. The molecule has 0 radical (unpaired) electrons. The molecule has 2 fully saturated rings. The highest BCUT2D eigenvalue weighted by Crippen LogP contribution is 2.22. The van der Waals surface area contributed by atoms with Crippen molar-refractivity contribution in [3.8, 4) is 0 Å². The number of aromatic nitrogens is 1. The lowest BCUT2D eigenvalue weighted by Gasteiger charge is -2.39. The van der Waals surface area contributed by atoms with Crippen molar-refractivity contribution in [2.75, 3.05) is 18.0 Å². The van der Waals surface area contributed by atoms with Gasteiger partial charge in [0.25, 0.3) is 0 Å². The predicted octanol–water partition coefficient (Wildman–Crippen LogP) is 1.13. The molecular weight excluding hydrogens is 224 g/mol. The molecule has 3 N–H and O–H groups in total. The molecule has 4 nitrogen and oxygen atoms in total. The second-order valence-corrected chi connectivity index (χ2v) is 5.54. The summed E-state index contributed by atoms with van der Waals surface area (Å²) in [4.78, 5) is 6.79. The maximum absolute atomic E-state index is 5.82. The van der Waals surface area contributed by atoms with Gasteiger partial charge in [-0.25, -0.2) is 4.98 Å². The van der Waals surface area contributed by atoms with Gasteiger partial charge in [-0.05, 0) is 37.8 Å². The Kier molecular flexibility index (Phi) is 3.48. The van der Waals surface area contributed by atoms with Crippen molar-refractivity contribution >= 4 is 5.82 Å². The summed E-state index contributed by atoms with van der Waals surface area (Å²) in [5.41, 5.74) is 5.82. The molecule has 1 aromatic rings. The van der Waals surface area contributed by atoms with Gasteiger partial charge in [0.2, 0.25) is 0 Å². The van der Waals surface area contributed by atoms with Crippen LogP contribution in [0.15, 0.2) is 24.4 Å². The van der Waals surface area contributed by atoms with E-state index in [0.29, 0.717) is 18.1 Å². The van der Waals surface area contributed by atoms with Crippen LogP contribution in [0.4, 0.5) is 5.82 Å². The Balaban J connectivity index is 1.46. The molecule has 1 saturated heterocycles. The molecule has 1 aliphatic heterocycles. The number of hydrogen-bond acceptors (Lipinski definition) is 4. The van der Waals surface area contributed by atoms with Gasteiger partial charge in [0, 0.05) is 37.4 Å². The fraction of sp³-hybridized carbons (Fsp3) is 0.643. The zero-order valence-corrected chi connectivity index (χ0v) is 10.8. The molecule has 3 rings (SSSR count). The smallest absolute Gasteiger partial charge is 0.128 e. The van der Waals surface area contributed by atoms with Crippen molar-refractivity contribution in [3.05, 3.63) is 24.4 Å². The van der Waals surface area contributed by atoms with Gasteiger partial charge in [-0.15, -0.1) is 0 Å². The molecule has 1 aromatic heterocycles. The first-order valence-electron chi connectivity index (χ1n) is 6.99. The largest absolute Gasteiger partial charge is 0.357 e. The summed E-state index contributed by atoms with van der Waals surface area (Å²) in [5, 5.41) is 3.73. The summed E-state index contributed by atoms with van der Waals surface area (Å²) in [6.07, 6.45) is 6.60. The highest BCUT2D eigenvalue weighted by Gasteiger charge is 2.29. The maximum Gasteiger partial charge on any atom is 0.128 e. The number of rotatable bonds is 3. The van der Waals surface area contributed by atoms with E-state index in [-0.39, 0.29) is 0 Å². The second kappa shape index (κ2) is 5.24. The van der Waals surface area contributed by atoms with Crippen LogP contribution in [-0.2, 0) is 0 Å². The molecule has 0 atom stereocenters. The van der Waals surface area contributed by atoms with E-state index in [1.807, 2.05) is 12.3 Å². The van der Waals surface area contributed by atoms with Gasteiger partial charge in [-0.1, -0.05) is 6.07 Å². The van der Waals surface area contributed by atoms with E-state index in [0.717, 1.165) is 31.7 Å². The third-order valence-corrected chi connectivity index (χ3v) is 4.11. The van der Waals surface area contributed by atoms with Gasteiger partial charge >= 0.3 is 0 Å². The van der Waals surface area contributed by atoms with Gasteiger partial charge in [-0.3, -0.25) is 0 Å². The average molecular weight is 246 g/mol. The van der Waals surface area contributed by atoms with Crippen molar-refractivity contribution in [3.63, 3.8) is 0 Å². The Labute approximate surface area is 109 Å². The molecule has 98 valence electrons. The number of nitrogens with two attached hydrogens (primary N) is 1. The monoisotopic (exact) mass is 246 g/mol. The molecule has 2 aliphatic rings. The van der Waals surface area contributed by atoms with E-state index in [1.54, 1.807) is 0 Å².